The van der Waals surface area contributed by atoms with Crippen molar-refractivity contribution in [2.45, 2.75) is 45.7 Å². The van der Waals surface area contributed by atoms with E-state index in [-0.39, 0.29) is 17.9 Å². The first kappa shape index (κ1) is 17.8. The number of carbonyl (C=O) groups excluding carboxylic acids is 1. The number of amides is 2. The van der Waals surface area contributed by atoms with Gasteiger partial charge in [-0.1, -0.05) is 27.2 Å². The number of nitrogens with zero attached hydrogens (tertiary/aromatic N) is 2. The van der Waals surface area contributed by atoms with Gasteiger partial charge in [-0.15, -0.1) is 0 Å². The van der Waals surface area contributed by atoms with E-state index in [1.807, 2.05) is 13.8 Å². The van der Waals surface area contributed by atoms with Crippen LogP contribution in [0, 0.1) is 11.8 Å². The molecular formula is C15H23BrN4O3. The normalized spacial score (nSPS) is 23.6. The van der Waals surface area contributed by atoms with Crippen molar-refractivity contribution < 1.29 is 14.7 Å². The zero-order chi connectivity index (χ0) is 17.1. The van der Waals surface area contributed by atoms with Crippen molar-refractivity contribution in [1.82, 2.24) is 20.2 Å². The molecule has 1 aliphatic rings. The molecule has 0 aromatic carbocycles. The van der Waals surface area contributed by atoms with E-state index in [2.05, 4.69) is 38.1 Å². The van der Waals surface area contributed by atoms with Gasteiger partial charge in [0.25, 0.3) is 0 Å². The Hall–Kier alpha value is -1.57. The van der Waals surface area contributed by atoms with Crippen LogP contribution in [0.1, 0.15) is 45.5 Å². The summed E-state index contributed by atoms with van der Waals surface area (Å²) in [6.07, 6.45) is 2.03. The van der Waals surface area contributed by atoms with Crippen molar-refractivity contribution in [2.75, 3.05) is 6.54 Å². The summed E-state index contributed by atoms with van der Waals surface area (Å²) in [5, 5.41) is 11.4. The molecule has 1 aliphatic heterocycles. The molecule has 0 saturated carbocycles. The number of carbonyl (C=O) groups is 2. The molecule has 0 aliphatic carbocycles. The van der Waals surface area contributed by atoms with Crippen molar-refractivity contribution in [3.05, 3.63) is 16.6 Å². The lowest BCUT2D eigenvalue weighted by molar-refractivity contribution is -0.135. The van der Waals surface area contributed by atoms with Gasteiger partial charge in [-0.05, 0) is 34.2 Å². The van der Waals surface area contributed by atoms with Crippen LogP contribution in [0.5, 0.6) is 0 Å². The van der Waals surface area contributed by atoms with Gasteiger partial charge < -0.3 is 20.3 Å². The highest BCUT2D eigenvalue weighted by Gasteiger charge is 2.40. The average Bonchev–Trinajstić information content (AvgIpc) is 3.08. The van der Waals surface area contributed by atoms with Crippen molar-refractivity contribution >= 4 is 27.9 Å². The summed E-state index contributed by atoms with van der Waals surface area (Å²) in [5.41, 5.74) is 0. The predicted molar refractivity (Wildman–Crippen MR) is 88.9 cm³/mol. The molecule has 2 amide bonds. The van der Waals surface area contributed by atoms with Crippen molar-refractivity contribution in [2.24, 2.45) is 11.8 Å². The van der Waals surface area contributed by atoms with E-state index < -0.39 is 12.1 Å². The maximum Gasteiger partial charge on any atom is 0.405 e. The first-order chi connectivity index (χ1) is 10.8. The highest BCUT2D eigenvalue weighted by Crippen LogP contribution is 2.35. The number of H-pyrrole nitrogens is 1. The first-order valence-electron chi connectivity index (χ1n) is 7.83. The fourth-order valence-corrected chi connectivity index (χ4v) is 3.33. The van der Waals surface area contributed by atoms with Gasteiger partial charge in [0, 0.05) is 6.54 Å². The molecule has 0 radical (unpaired) electrons. The van der Waals surface area contributed by atoms with E-state index in [0.717, 1.165) is 23.3 Å². The Morgan fingerprint density at radius 2 is 2.30 bits per heavy atom. The lowest BCUT2D eigenvalue weighted by Gasteiger charge is -2.30. The number of hydrogen-bond donors (Lipinski definition) is 3. The van der Waals surface area contributed by atoms with Crippen LogP contribution in [-0.2, 0) is 4.79 Å². The minimum Gasteiger partial charge on any atom is -0.465 e. The minimum absolute atomic E-state index is 0.0708. The number of carboxylic acid groups (broad SMARTS) is 1. The van der Waals surface area contributed by atoms with E-state index in [0.29, 0.717) is 12.5 Å². The second kappa shape index (κ2) is 7.33. The van der Waals surface area contributed by atoms with Crippen LogP contribution in [0.15, 0.2) is 10.8 Å². The Labute approximate surface area is 144 Å². The predicted octanol–water partition coefficient (Wildman–Crippen LogP) is 2.76. The summed E-state index contributed by atoms with van der Waals surface area (Å²) >= 11 is 3.34. The summed E-state index contributed by atoms with van der Waals surface area (Å²) in [4.78, 5) is 33.2. The molecule has 2 unspecified atom stereocenters. The third-order valence-electron chi connectivity index (χ3n) is 4.43. The maximum absolute atomic E-state index is 13.0. The molecule has 3 N–H and O–H groups in total. The van der Waals surface area contributed by atoms with Gasteiger partial charge in [0.1, 0.15) is 16.5 Å². The number of halogens is 1. The van der Waals surface area contributed by atoms with E-state index in [9.17, 15) is 9.59 Å². The fourth-order valence-electron chi connectivity index (χ4n) is 3.03. The molecule has 8 heteroatoms. The van der Waals surface area contributed by atoms with Crippen LogP contribution in [0.3, 0.4) is 0 Å². The summed E-state index contributed by atoms with van der Waals surface area (Å²) in [7, 11) is 0. The van der Waals surface area contributed by atoms with Gasteiger partial charge >= 0.3 is 6.09 Å². The van der Waals surface area contributed by atoms with E-state index >= 15 is 0 Å². The molecule has 1 aromatic rings. The van der Waals surface area contributed by atoms with Crippen LogP contribution in [-0.4, -0.2) is 44.6 Å². The number of aromatic amines is 1. The number of aromatic nitrogens is 2. The maximum atomic E-state index is 13.0. The monoisotopic (exact) mass is 386 g/mol. The number of imidazole rings is 1. The summed E-state index contributed by atoms with van der Waals surface area (Å²) in [6, 6.07) is -0.880. The molecule has 0 spiro atoms. The fraction of sp³-hybridized carbons (Fsp3) is 0.667. The van der Waals surface area contributed by atoms with Gasteiger partial charge in [0.2, 0.25) is 5.91 Å². The van der Waals surface area contributed by atoms with Gasteiger partial charge in [0.15, 0.2) is 0 Å². The molecule has 0 bridgehead atoms. The Morgan fingerprint density at radius 1 is 1.61 bits per heavy atom. The zero-order valence-electron chi connectivity index (χ0n) is 13.5. The SMILES string of the molecule is CCC(C)C(NC(=O)O)C(=O)N1C[C@@H](C)C[C@H]1c1ncc(Br)[nH]1. The summed E-state index contributed by atoms with van der Waals surface area (Å²) in [6.45, 7) is 6.52. The highest BCUT2D eigenvalue weighted by atomic mass is 79.9. The van der Waals surface area contributed by atoms with Gasteiger partial charge in [-0.2, -0.15) is 0 Å². The van der Waals surface area contributed by atoms with Crippen molar-refractivity contribution in [3.8, 4) is 0 Å². The van der Waals surface area contributed by atoms with Gasteiger partial charge in [-0.25, -0.2) is 9.78 Å². The second-order valence-electron chi connectivity index (χ2n) is 6.28. The molecule has 2 rings (SSSR count). The Morgan fingerprint density at radius 3 is 2.83 bits per heavy atom. The smallest absolute Gasteiger partial charge is 0.405 e. The lowest BCUT2D eigenvalue weighted by Crippen LogP contribution is -2.51. The Kier molecular flexibility index (Phi) is 5.67. The Balaban J connectivity index is 2.24. The number of likely N-dealkylation sites (tertiary alicyclic amines) is 1. The van der Waals surface area contributed by atoms with E-state index in [1.165, 1.54) is 0 Å². The standard InChI is InChI=1S/C15H23BrN4O3/c1-4-9(3)12(19-15(22)23)14(21)20-7-8(2)5-10(20)13-17-6-11(16)18-13/h6,8-10,12,19H,4-5,7H2,1-3H3,(H,17,18)(H,22,23)/t8-,9?,10-,12?/m0/s1. The van der Waals surface area contributed by atoms with Crippen LogP contribution >= 0.6 is 15.9 Å². The molecule has 4 atom stereocenters. The molecule has 1 saturated heterocycles. The Bertz CT molecular complexity index is 577. The summed E-state index contributed by atoms with van der Waals surface area (Å²) < 4.78 is 0.765. The van der Waals surface area contributed by atoms with E-state index in [4.69, 9.17) is 5.11 Å². The van der Waals surface area contributed by atoms with Gasteiger partial charge in [-0.3, -0.25) is 4.79 Å². The molecule has 23 heavy (non-hydrogen) atoms. The zero-order valence-corrected chi connectivity index (χ0v) is 15.1. The van der Waals surface area contributed by atoms with Crippen molar-refractivity contribution in [3.63, 3.8) is 0 Å². The molecule has 1 aromatic heterocycles. The number of rotatable bonds is 5. The number of hydrogen-bond acceptors (Lipinski definition) is 3. The molecular weight excluding hydrogens is 364 g/mol. The van der Waals surface area contributed by atoms with Gasteiger partial charge in [0.05, 0.1) is 12.2 Å². The average molecular weight is 387 g/mol. The molecule has 1 fully saturated rings. The third kappa shape index (κ3) is 4.04. The molecule has 7 nitrogen and oxygen atoms in total. The van der Waals surface area contributed by atoms with Crippen LogP contribution in [0.2, 0.25) is 0 Å². The third-order valence-corrected chi connectivity index (χ3v) is 4.83. The summed E-state index contributed by atoms with van der Waals surface area (Å²) in [5.74, 6) is 0.824. The van der Waals surface area contributed by atoms with Crippen LogP contribution < -0.4 is 5.32 Å². The highest BCUT2D eigenvalue weighted by molar-refractivity contribution is 9.10. The molecule has 128 valence electrons. The molecule has 2 heterocycles. The number of nitrogens with one attached hydrogen (secondary N) is 2. The van der Waals surface area contributed by atoms with Crippen LogP contribution in [0.25, 0.3) is 0 Å². The van der Waals surface area contributed by atoms with Crippen molar-refractivity contribution in [1.29, 1.82) is 0 Å². The largest absolute Gasteiger partial charge is 0.465 e. The first-order valence-corrected chi connectivity index (χ1v) is 8.63. The van der Waals surface area contributed by atoms with E-state index in [1.54, 1.807) is 11.1 Å². The minimum atomic E-state index is -1.17. The van der Waals surface area contributed by atoms with Crippen LogP contribution in [0.4, 0.5) is 4.79 Å². The second-order valence-corrected chi connectivity index (χ2v) is 7.13. The lowest BCUT2D eigenvalue weighted by atomic mass is 9.97. The topological polar surface area (TPSA) is 98.3 Å². The quantitative estimate of drug-likeness (QED) is 0.724.